The van der Waals surface area contributed by atoms with E-state index in [-0.39, 0.29) is 17.4 Å². The predicted octanol–water partition coefficient (Wildman–Crippen LogP) is -1.50. The fourth-order valence-electron chi connectivity index (χ4n) is 2.26. The molecule has 4 unspecified atom stereocenters. The fourth-order valence-corrected chi connectivity index (χ4v) is 2.76. The highest BCUT2D eigenvalue weighted by atomic mass is 32.1. The van der Waals surface area contributed by atoms with Crippen LogP contribution in [-0.4, -0.2) is 71.0 Å². The highest BCUT2D eigenvalue weighted by Crippen LogP contribution is 2.05. The van der Waals surface area contributed by atoms with Gasteiger partial charge in [0.2, 0.25) is 17.7 Å². The Balaban J connectivity index is 5.15. The van der Waals surface area contributed by atoms with E-state index >= 15 is 0 Å². The average Bonchev–Trinajstić information content (AvgIpc) is 2.67. The van der Waals surface area contributed by atoms with Crippen molar-refractivity contribution in [3.8, 4) is 0 Å². The molecule has 0 aliphatic carbocycles. The molecule has 0 saturated heterocycles. The topological polar surface area (TPSA) is 177 Å². The van der Waals surface area contributed by atoms with Crippen molar-refractivity contribution in [2.75, 3.05) is 18.1 Å². The van der Waals surface area contributed by atoms with E-state index in [1.54, 1.807) is 13.8 Å². The number of carbonyl (C=O) groups excluding carboxylic acids is 3. The lowest BCUT2D eigenvalue weighted by Crippen LogP contribution is -2.58. The molecule has 0 aromatic carbocycles. The van der Waals surface area contributed by atoms with E-state index in [2.05, 4.69) is 41.2 Å². The molecule has 4 atom stereocenters. The van der Waals surface area contributed by atoms with Crippen molar-refractivity contribution in [1.29, 1.82) is 0 Å². The molecule has 0 heterocycles. The summed E-state index contributed by atoms with van der Waals surface area (Å²) in [7, 11) is 0. The minimum Gasteiger partial charge on any atom is -0.480 e. The molecule has 0 aromatic rings. The fraction of sp³-hybridized carbons (Fsp3) is 0.765. The lowest BCUT2D eigenvalue weighted by Gasteiger charge is -2.25. The quantitative estimate of drug-likeness (QED) is 0.117. The molecule has 0 aromatic heterocycles. The monoisotopic (exact) mass is 451 g/mol. The van der Waals surface area contributed by atoms with Gasteiger partial charge in [0, 0.05) is 11.5 Å². The number of amides is 3. The van der Waals surface area contributed by atoms with Crippen LogP contribution in [0.1, 0.15) is 33.1 Å². The number of thiol groups is 2. The van der Waals surface area contributed by atoms with Gasteiger partial charge in [0.15, 0.2) is 0 Å². The second-order valence-corrected chi connectivity index (χ2v) is 7.67. The Morgan fingerprint density at radius 1 is 0.862 bits per heavy atom. The molecule has 12 heteroatoms. The van der Waals surface area contributed by atoms with Crippen LogP contribution in [0.5, 0.6) is 0 Å². The van der Waals surface area contributed by atoms with Crippen LogP contribution in [0.3, 0.4) is 0 Å². The number of carboxylic acids is 1. The van der Waals surface area contributed by atoms with Gasteiger partial charge in [0.1, 0.15) is 18.1 Å². The van der Waals surface area contributed by atoms with Gasteiger partial charge in [-0.2, -0.15) is 25.3 Å². The third-order valence-corrected chi connectivity index (χ3v) is 4.94. The van der Waals surface area contributed by atoms with E-state index in [1.807, 2.05) is 0 Å². The van der Waals surface area contributed by atoms with Crippen LogP contribution in [0.15, 0.2) is 0 Å². The van der Waals surface area contributed by atoms with Gasteiger partial charge in [-0.25, -0.2) is 4.79 Å². The summed E-state index contributed by atoms with van der Waals surface area (Å²) in [6, 6.07) is -3.97. The van der Waals surface area contributed by atoms with Gasteiger partial charge < -0.3 is 32.5 Å². The zero-order valence-corrected chi connectivity index (χ0v) is 18.5. The minimum absolute atomic E-state index is 0.0640. The smallest absolute Gasteiger partial charge is 0.327 e. The summed E-state index contributed by atoms with van der Waals surface area (Å²) in [5, 5.41) is 16.4. The zero-order valence-electron chi connectivity index (χ0n) is 16.8. The number of hydrogen-bond acceptors (Lipinski definition) is 8. The predicted molar refractivity (Wildman–Crippen MR) is 117 cm³/mol. The van der Waals surface area contributed by atoms with E-state index in [1.165, 1.54) is 0 Å². The molecule has 0 saturated carbocycles. The van der Waals surface area contributed by atoms with E-state index < -0.39 is 47.9 Å². The molecule has 0 aliphatic rings. The molecule has 0 bridgehead atoms. The Morgan fingerprint density at radius 3 is 1.79 bits per heavy atom. The van der Waals surface area contributed by atoms with Crippen molar-refractivity contribution in [2.24, 2.45) is 17.4 Å². The van der Waals surface area contributed by atoms with E-state index in [0.29, 0.717) is 25.8 Å². The Labute approximate surface area is 182 Å². The second-order valence-electron chi connectivity index (χ2n) is 6.94. The van der Waals surface area contributed by atoms with Crippen molar-refractivity contribution in [1.82, 2.24) is 16.0 Å². The molecule has 0 aliphatic heterocycles. The first-order chi connectivity index (χ1) is 13.6. The Hall–Kier alpha value is -1.50. The molecule has 0 rings (SSSR count). The Morgan fingerprint density at radius 2 is 1.34 bits per heavy atom. The van der Waals surface area contributed by atoms with Gasteiger partial charge in [-0.05, 0) is 31.7 Å². The number of rotatable bonds is 14. The van der Waals surface area contributed by atoms with Crippen molar-refractivity contribution < 1.29 is 24.3 Å². The first kappa shape index (κ1) is 27.5. The molecular weight excluding hydrogens is 418 g/mol. The zero-order chi connectivity index (χ0) is 22.6. The van der Waals surface area contributed by atoms with Crippen LogP contribution in [0.25, 0.3) is 0 Å². The van der Waals surface area contributed by atoms with Crippen molar-refractivity contribution in [3.05, 3.63) is 0 Å². The number of unbranched alkanes of at least 4 members (excludes halogenated alkanes) is 1. The lowest BCUT2D eigenvalue weighted by atomic mass is 10.0. The summed E-state index contributed by atoms with van der Waals surface area (Å²) in [6.45, 7) is 4.01. The van der Waals surface area contributed by atoms with Gasteiger partial charge in [0.05, 0.1) is 6.04 Å². The third-order valence-electron chi connectivity index (χ3n) is 4.21. The van der Waals surface area contributed by atoms with Crippen molar-refractivity contribution in [3.63, 3.8) is 0 Å². The van der Waals surface area contributed by atoms with Crippen molar-refractivity contribution in [2.45, 2.75) is 57.3 Å². The van der Waals surface area contributed by atoms with E-state index in [4.69, 9.17) is 16.6 Å². The summed E-state index contributed by atoms with van der Waals surface area (Å²) < 4.78 is 0. The van der Waals surface area contributed by atoms with E-state index in [9.17, 15) is 19.2 Å². The van der Waals surface area contributed by atoms with Gasteiger partial charge in [0.25, 0.3) is 0 Å². The number of carboxylic acid groups (broad SMARTS) is 1. The number of hydrogen-bond donors (Lipinski definition) is 8. The van der Waals surface area contributed by atoms with E-state index in [0.717, 1.165) is 0 Å². The molecule has 0 spiro atoms. The highest BCUT2D eigenvalue weighted by Gasteiger charge is 2.29. The third kappa shape index (κ3) is 10.2. The first-order valence-corrected chi connectivity index (χ1v) is 10.7. The maximum absolute atomic E-state index is 12.7. The summed E-state index contributed by atoms with van der Waals surface area (Å²) in [5.74, 6) is -3.30. The van der Waals surface area contributed by atoms with Gasteiger partial charge in [-0.3, -0.25) is 14.4 Å². The normalized spacial score (nSPS) is 15.1. The SMILES string of the molecule is CC(C)C(N)C(=O)NC(CCCCN)C(=O)NC(CS)C(=O)NC(CS)C(=O)O. The van der Waals surface area contributed by atoms with Gasteiger partial charge in [-0.15, -0.1) is 0 Å². The molecule has 29 heavy (non-hydrogen) atoms. The number of carbonyl (C=O) groups is 4. The Kier molecular flexibility index (Phi) is 13.7. The molecule has 168 valence electrons. The largest absolute Gasteiger partial charge is 0.480 e. The van der Waals surface area contributed by atoms with Crippen LogP contribution in [0, 0.1) is 5.92 Å². The summed E-state index contributed by atoms with van der Waals surface area (Å²) >= 11 is 7.93. The molecular formula is C17H33N5O5S2. The molecule has 8 N–H and O–H groups in total. The van der Waals surface area contributed by atoms with Crippen LogP contribution in [0.4, 0.5) is 0 Å². The minimum atomic E-state index is -1.24. The molecule has 3 amide bonds. The summed E-state index contributed by atoms with van der Waals surface area (Å²) in [6.07, 6.45) is 1.56. The number of nitrogens with two attached hydrogens (primary N) is 2. The number of aliphatic carboxylic acids is 1. The van der Waals surface area contributed by atoms with Gasteiger partial charge >= 0.3 is 5.97 Å². The first-order valence-electron chi connectivity index (χ1n) is 9.40. The summed E-state index contributed by atoms with van der Waals surface area (Å²) in [5.41, 5.74) is 11.3. The lowest BCUT2D eigenvalue weighted by molar-refractivity contribution is -0.141. The van der Waals surface area contributed by atoms with Gasteiger partial charge in [-0.1, -0.05) is 13.8 Å². The number of nitrogens with one attached hydrogen (secondary N) is 3. The van der Waals surface area contributed by atoms with Crippen LogP contribution >= 0.6 is 25.3 Å². The maximum Gasteiger partial charge on any atom is 0.327 e. The summed E-state index contributed by atoms with van der Waals surface area (Å²) in [4.78, 5) is 48.3. The van der Waals surface area contributed by atoms with Crippen LogP contribution in [0.2, 0.25) is 0 Å². The molecule has 0 fully saturated rings. The molecule has 0 radical (unpaired) electrons. The highest BCUT2D eigenvalue weighted by molar-refractivity contribution is 7.80. The maximum atomic E-state index is 12.7. The van der Waals surface area contributed by atoms with Crippen LogP contribution < -0.4 is 27.4 Å². The second kappa shape index (κ2) is 14.5. The molecule has 10 nitrogen and oxygen atoms in total. The van der Waals surface area contributed by atoms with Crippen molar-refractivity contribution >= 4 is 48.9 Å². The standard InChI is InChI=1S/C17H33N5O5S2/c1-9(2)13(19)16(25)20-10(5-3-4-6-18)14(23)21-11(7-28)15(24)22-12(8-29)17(26)27/h9-13,28-29H,3-8,18-19H2,1-2H3,(H,20,25)(H,21,23)(H,22,24)(H,26,27). The van der Waals surface area contributed by atoms with Crippen LogP contribution in [-0.2, 0) is 19.2 Å². The Bertz CT molecular complexity index is 564. The average molecular weight is 452 g/mol.